The number of allylic oxidation sites excluding steroid dienone is 3. The highest BCUT2D eigenvalue weighted by molar-refractivity contribution is 8.03. The van der Waals surface area contributed by atoms with Gasteiger partial charge in [-0.3, -0.25) is 0 Å². The Hall–Kier alpha value is -0.470. The minimum atomic E-state index is 0. The average Bonchev–Trinajstić information content (AvgIpc) is 2.41. The van der Waals surface area contributed by atoms with Crippen LogP contribution in [0.5, 0.6) is 0 Å². The van der Waals surface area contributed by atoms with Crippen LogP contribution >= 0.6 is 11.8 Å². The normalized spacial score (nSPS) is 10.5. The molecule has 0 rings (SSSR count). The van der Waals surface area contributed by atoms with E-state index in [1.807, 2.05) is 30.0 Å². The molecular formula is C16H33NS. The summed E-state index contributed by atoms with van der Waals surface area (Å²) in [4.78, 5) is 1.21. The van der Waals surface area contributed by atoms with Gasteiger partial charge in [0, 0.05) is 6.33 Å². The van der Waals surface area contributed by atoms with Gasteiger partial charge in [-0.05, 0) is 37.8 Å². The fraction of sp³-hybridized carbons (Fsp3) is 0.625. The van der Waals surface area contributed by atoms with Crippen LogP contribution in [0.2, 0.25) is 0 Å². The van der Waals surface area contributed by atoms with Crippen LogP contribution in [0.3, 0.4) is 0 Å². The summed E-state index contributed by atoms with van der Waals surface area (Å²) in [5.74, 6) is 1.16. The predicted molar refractivity (Wildman–Crippen MR) is 91.4 cm³/mol. The molecule has 0 aromatic rings. The summed E-state index contributed by atoms with van der Waals surface area (Å²) in [5.41, 5.74) is 0. The molecule has 1 N–H and O–H groups in total. The number of hydrogen-bond donors (Lipinski definition) is 1. The lowest BCUT2D eigenvalue weighted by Crippen LogP contribution is -2.13. The smallest absolute Gasteiger partial charge is 0.00658 e. The summed E-state index contributed by atoms with van der Waals surface area (Å²) in [7, 11) is 0. The second-order valence-electron chi connectivity index (χ2n) is 3.92. The molecule has 108 valence electrons. The standard InChI is InChI=1S/C12H21NS.C4H10.H2/c1-4-9-12(5-2)14-11-8-7-10-13-6-3;1-3-4-2;/h4-5,9,13H,1-2,6-8,10-11H2,3H3;3-4H2,1-2H3;1H/b12-9+;;. The van der Waals surface area contributed by atoms with Crippen molar-refractivity contribution in [2.45, 2.75) is 46.5 Å². The van der Waals surface area contributed by atoms with Gasteiger partial charge in [0.2, 0.25) is 0 Å². The maximum absolute atomic E-state index is 3.76. The zero-order chi connectivity index (χ0) is 14.1. The molecule has 0 atom stereocenters. The SMILES string of the molecule is C=C/C=C(\C=C)SCCCCNCC.CCCC.[HH]. The maximum Gasteiger partial charge on any atom is 0.00658 e. The third-order valence-electron chi connectivity index (χ3n) is 2.25. The molecular weight excluding hydrogens is 238 g/mol. The van der Waals surface area contributed by atoms with Crippen molar-refractivity contribution in [2.75, 3.05) is 18.8 Å². The van der Waals surface area contributed by atoms with Gasteiger partial charge >= 0.3 is 0 Å². The highest BCUT2D eigenvalue weighted by Gasteiger charge is 1.92. The van der Waals surface area contributed by atoms with E-state index in [-0.39, 0.29) is 1.43 Å². The van der Waals surface area contributed by atoms with Crippen molar-refractivity contribution in [1.29, 1.82) is 0 Å². The molecule has 0 aromatic carbocycles. The second-order valence-corrected chi connectivity index (χ2v) is 5.09. The molecule has 0 aliphatic carbocycles. The maximum atomic E-state index is 3.76. The van der Waals surface area contributed by atoms with Gasteiger partial charge in [0.25, 0.3) is 0 Å². The summed E-state index contributed by atoms with van der Waals surface area (Å²) in [6.07, 6.45) is 10.8. The van der Waals surface area contributed by atoms with Crippen molar-refractivity contribution >= 4 is 11.8 Å². The van der Waals surface area contributed by atoms with E-state index in [4.69, 9.17) is 0 Å². The minimum Gasteiger partial charge on any atom is -0.317 e. The highest BCUT2D eigenvalue weighted by Crippen LogP contribution is 2.17. The lowest BCUT2D eigenvalue weighted by molar-refractivity contribution is 0.666. The van der Waals surface area contributed by atoms with E-state index in [2.05, 4.69) is 39.2 Å². The summed E-state index contributed by atoms with van der Waals surface area (Å²) in [6.45, 7) is 16.1. The number of rotatable bonds is 10. The van der Waals surface area contributed by atoms with E-state index in [1.54, 1.807) is 0 Å². The largest absolute Gasteiger partial charge is 0.317 e. The van der Waals surface area contributed by atoms with Crippen LogP contribution in [0.15, 0.2) is 36.3 Å². The highest BCUT2D eigenvalue weighted by atomic mass is 32.2. The van der Waals surface area contributed by atoms with E-state index in [0.717, 1.165) is 18.8 Å². The summed E-state index contributed by atoms with van der Waals surface area (Å²) < 4.78 is 0. The first-order chi connectivity index (χ1) is 8.76. The number of hydrogen-bond acceptors (Lipinski definition) is 2. The van der Waals surface area contributed by atoms with Gasteiger partial charge in [-0.15, -0.1) is 11.8 Å². The van der Waals surface area contributed by atoms with Crippen LogP contribution in [0.4, 0.5) is 0 Å². The van der Waals surface area contributed by atoms with Crippen molar-refractivity contribution in [3.05, 3.63) is 36.3 Å². The number of unbranched alkanes of at least 4 members (excludes halogenated alkanes) is 2. The summed E-state index contributed by atoms with van der Waals surface area (Å²) in [6, 6.07) is 0. The zero-order valence-corrected chi connectivity index (χ0v) is 13.3. The van der Waals surface area contributed by atoms with Crippen molar-refractivity contribution in [3.8, 4) is 0 Å². The van der Waals surface area contributed by atoms with E-state index < -0.39 is 0 Å². The van der Waals surface area contributed by atoms with Crippen LogP contribution in [-0.2, 0) is 0 Å². The molecule has 0 aromatic heterocycles. The Morgan fingerprint density at radius 1 is 1.17 bits per heavy atom. The van der Waals surface area contributed by atoms with Crippen LogP contribution < -0.4 is 5.32 Å². The molecule has 0 amide bonds. The van der Waals surface area contributed by atoms with Gasteiger partial charge in [0.15, 0.2) is 0 Å². The first-order valence-electron chi connectivity index (χ1n) is 7.05. The molecule has 0 saturated heterocycles. The first-order valence-corrected chi connectivity index (χ1v) is 8.03. The molecule has 0 fully saturated rings. The third kappa shape index (κ3) is 17.9. The van der Waals surface area contributed by atoms with E-state index in [9.17, 15) is 0 Å². The molecule has 1 nitrogen and oxygen atoms in total. The van der Waals surface area contributed by atoms with E-state index >= 15 is 0 Å². The predicted octanol–water partition coefficient (Wildman–Crippen LogP) is 5.42. The third-order valence-corrected chi connectivity index (χ3v) is 3.38. The fourth-order valence-electron chi connectivity index (χ4n) is 1.01. The lowest BCUT2D eigenvalue weighted by Gasteiger charge is -2.02. The van der Waals surface area contributed by atoms with Crippen molar-refractivity contribution in [1.82, 2.24) is 5.32 Å². The number of thioether (sulfide) groups is 1. The van der Waals surface area contributed by atoms with E-state index in [1.165, 1.54) is 30.6 Å². The Balaban J connectivity index is -0.000000448. The molecule has 2 heteroatoms. The molecule has 0 unspecified atom stereocenters. The van der Waals surface area contributed by atoms with Gasteiger partial charge in [-0.2, -0.15) is 0 Å². The second kappa shape index (κ2) is 18.9. The fourth-order valence-corrected chi connectivity index (χ4v) is 1.90. The molecule has 0 aliphatic rings. The van der Waals surface area contributed by atoms with Crippen molar-refractivity contribution < 1.29 is 1.43 Å². The Morgan fingerprint density at radius 3 is 2.28 bits per heavy atom. The molecule has 0 saturated carbocycles. The monoisotopic (exact) mass is 271 g/mol. The molecule has 0 aliphatic heterocycles. The van der Waals surface area contributed by atoms with Crippen LogP contribution in [0.1, 0.15) is 47.9 Å². The molecule has 0 bridgehead atoms. The van der Waals surface area contributed by atoms with Gasteiger partial charge < -0.3 is 5.32 Å². The summed E-state index contributed by atoms with van der Waals surface area (Å²) >= 11 is 1.85. The van der Waals surface area contributed by atoms with Crippen LogP contribution in [0, 0.1) is 0 Å². The van der Waals surface area contributed by atoms with Crippen molar-refractivity contribution in [2.24, 2.45) is 0 Å². The van der Waals surface area contributed by atoms with Gasteiger partial charge in [-0.1, -0.05) is 58.9 Å². The Labute approximate surface area is 120 Å². The Morgan fingerprint density at radius 2 is 1.83 bits per heavy atom. The lowest BCUT2D eigenvalue weighted by atomic mass is 10.3. The average molecular weight is 272 g/mol. The molecule has 0 radical (unpaired) electrons. The summed E-state index contributed by atoms with van der Waals surface area (Å²) in [5, 5.41) is 3.32. The quantitative estimate of drug-likeness (QED) is 0.421. The first kappa shape index (κ1) is 19.9. The van der Waals surface area contributed by atoms with E-state index in [0.29, 0.717) is 0 Å². The van der Waals surface area contributed by atoms with Gasteiger partial charge in [-0.25, -0.2) is 0 Å². The van der Waals surface area contributed by atoms with Gasteiger partial charge in [0.05, 0.1) is 0 Å². The minimum absolute atomic E-state index is 0. The van der Waals surface area contributed by atoms with Crippen LogP contribution in [0.25, 0.3) is 0 Å². The Bertz CT molecular complexity index is 213. The van der Waals surface area contributed by atoms with Crippen LogP contribution in [-0.4, -0.2) is 18.8 Å². The zero-order valence-electron chi connectivity index (χ0n) is 12.5. The number of nitrogens with one attached hydrogen (secondary N) is 1. The topological polar surface area (TPSA) is 12.0 Å². The molecule has 0 spiro atoms. The Kier molecular flexibility index (Phi) is 20.8. The molecule has 0 heterocycles. The van der Waals surface area contributed by atoms with Gasteiger partial charge in [0.1, 0.15) is 0 Å². The molecule has 18 heavy (non-hydrogen) atoms. The van der Waals surface area contributed by atoms with Crippen molar-refractivity contribution in [3.63, 3.8) is 0 Å².